The van der Waals surface area contributed by atoms with E-state index in [0.29, 0.717) is 5.92 Å². The molecule has 10 heavy (non-hydrogen) atoms. The second-order valence-electron chi connectivity index (χ2n) is 2.70. The Labute approximate surface area is 60.7 Å². The van der Waals surface area contributed by atoms with E-state index in [4.69, 9.17) is 4.74 Å². The standard InChI is InChI=1S/C7H13NO2/c1-5(6-3-4-6)10-7(9)8-2/h5-6H,3-4H2,1-2H3,(H,8,9). The van der Waals surface area contributed by atoms with Crippen LogP contribution >= 0.6 is 0 Å². The summed E-state index contributed by atoms with van der Waals surface area (Å²) in [6.45, 7) is 1.94. The molecule has 0 heterocycles. The van der Waals surface area contributed by atoms with Gasteiger partial charge in [-0.1, -0.05) is 0 Å². The minimum atomic E-state index is -0.320. The Balaban J connectivity index is 2.16. The summed E-state index contributed by atoms with van der Waals surface area (Å²) < 4.78 is 4.97. The summed E-state index contributed by atoms with van der Waals surface area (Å²) in [5.41, 5.74) is 0. The van der Waals surface area contributed by atoms with Crippen LogP contribution in [0.5, 0.6) is 0 Å². The molecule has 0 bridgehead atoms. The summed E-state index contributed by atoms with van der Waals surface area (Å²) >= 11 is 0. The second-order valence-corrected chi connectivity index (χ2v) is 2.70. The van der Waals surface area contributed by atoms with Crippen LogP contribution in [0.25, 0.3) is 0 Å². The van der Waals surface area contributed by atoms with Gasteiger partial charge in [0.15, 0.2) is 0 Å². The Morgan fingerprint density at radius 2 is 2.30 bits per heavy atom. The first-order valence-corrected chi connectivity index (χ1v) is 3.62. The molecule has 1 fully saturated rings. The number of carbonyl (C=O) groups excluding carboxylic acids is 1. The van der Waals surface area contributed by atoms with Crippen molar-refractivity contribution in [1.82, 2.24) is 5.32 Å². The van der Waals surface area contributed by atoms with Crippen molar-refractivity contribution in [2.45, 2.75) is 25.9 Å². The maximum absolute atomic E-state index is 10.6. The molecule has 58 valence electrons. The molecule has 3 nitrogen and oxygen atoms in total. The third-order valence-electron chi connectivity index (χ3n) is 1.78. The average Bonchev–Trinajstić information content (AvgIpc) is 2.68. The zero-order chi connectivity index (χ0) is 7.56. The Hall–Kier alpha value is -0.730. The van der Waals surface area contributed by atoms with E-state index in [-0.39, 0.29) is 12.2 Å². The van der Waals surface area contributed by atoms with E-state index >= 15 is 0 Å². The van der Waals surface area contributed by atoms with Crippen LogP contribution in [0.2, 0.25) is 0 Å². The maximum Gasteiger partial charge on any atom is 0.407 e. The zero-order valence-electron chi connectivity index (χ0n) is 6.39. The van der Waals surface area contributed by atoms with E-state index < -0.39 is 0 Å². The van der Waals surface area contributed by atoms with E-state index in [1.165, 1.54) is 12.8 Å². The molecule has 1 unspecified atom stereocenters. The van der Waals surface area contributed by atoms with Crippen molar-refractivity contribution in [3.05, 3.63) is 0 Å². The largest absolute Gasteiger partial charge is 0.446 e. The van der Waals surface area contributed by atoms with Crippen LogP contribution in [-0.4, -0.2) is 19.2 Å². The van der Waals surface area contributed by atoms with Crippen LogP contribution < -0.4 is 5.32 Å². The molecule has 0 spiro atoms. The summed E-state index contributed by atoms with van der Waals surface area (Å²) in [7, 11) is 1.57. The van der Waals surface area contributed by atoms with Gasteiger partial charge in [0.25, 0.3) is 0 Å². The highest BCUT2D eigenvalue weighted by Crippen LogP contribution is 2.33. The number of alkyl carbamates (subject to hydrolysis) is 1. The normalized spacial score (nSPS) is 19.8. The van der Waals surface area contributed by atoms with Crippen LogP contribution in [0.4, 0.5) is 4.79 Å². The Morgan fingerprint density at radius 1 is 1.70 bits per heavy atom. The average molecular weight is 143 g/mol. The summed E-state index contributed by atoms with van der Waals surface area (Å²) in [4.78, 5) is 10.6. The van der Waals surface area contributed by atoms with Gasteiger partial charge in [-0.25, -0.2) is 4.79 Å². The highest BCUT2D eigenvalue weighted by atomic mass is 16.6. The number of carbonyl (C=O) groups is 1. The minimum Gasteiger partial charge on any atom is -0.446 e. The molecule has 0 saturated heterocycles. The molecule has 0 radical (unpaired) electrons. The van der Waals surface area contributed by atoms with E-state index in [1.807, 2.05) is 6.92 Å². The predicted octanol–water partition coefficient (Wildman–Crippen LogP) is 1.14. The third-order valence-corrected chi connectivity index (χ3v) is 1.78. The molecular weight excluding hydrogens is 130 g/mol. The van der Waals surface area contributed by atoms with Crippen molar-refractivity contribution in [3.63, 3.8) is 0 Å². The Kier molecular flexibility index (Phi) is 2.14. The maximum atomic E-state index is 10.6. The fraction of sp³-hybridized carbons (Fsp3) is 0.857. The van der Waals surface area contributed by atoms with Gasteiger partial charge in [-0.3, -0.25) is 0 Å². The van der Waals surface area contributed by atoms with Crippen LogP contribution in [0.15, 0.2) is 0 Å². The summed E-state index contributed by atoms with van der Waals surface area (Å²) in [5.74, 6) is 0.622. The van der Waals surface area contributed by atoms with Gasteiger partial charge in [0.05, 0.1) is 0 Å². The van der Waals surface area contributed by atoms with Crippen molar-refractivity contribution >= 4 is 6.09 Å². The van der Waals surface area contributed by atoms with Gasteiger partial charge in [0, 0.05) is 7.05 Å². The molecule has 0 aromatic carbocycles. The first-order valence-electron chi connectivity index (χ1n) is 3.62. The lowest BCUT2D eigenvalue weighted by molar-refractivity contribution is 0.0973. The van der Waals surface area contributed by atoms with Gasteiger partial charge in [0.1, 0.15) is 6.10 Å². The van der Waals surface area contributed by atoms with Crippen molar-refractivity contribution in [3.8, 4) is 0 Å². The minimum absolute atomic E-state index is 0.0972. The Bertz CT molecular complexity index is 132. The monoisotopic (exact) mass is 143 g/mol. The zero-order valence-corrected chi connectivity index (χ0v) is 6.39. The predicted molar refractivity (Wildman–Crippen MR) is 37.7 cm³/mol. The van der Waals surface area contributed by atoms with Crippen LogP contribution in [0.1, 0.15) is 19.8 Å². The molecule has 1 aliphatic rings. The first kappa shape index (κ1) is 7.38. The quantitative estimate of drug-likeness (QED) is 0.629. The number of hydrogen-bond acceptors (Lipinski definition) is 2. The summed E-state index contributed by atoms with van der Waals surface area (Å²) in [6.07, 6.45) is 2.19. The van der Waals surface area contributed by atoms with Gasteiger partial charge in [-0.2, -0.15) is 0 Å². The molecule has 1 rings (SSSR count). The molecule has 0 aromatic rings. The number of nitrogens with one attached hydrogen (secondary N) is 1. The van der Waals surface area contributed by atoms with E-state index in [2.05, 4.69) is 5.32 Å². The van der Waals surface area contributed by atoms with Crippen LogP contribution in [0, 0.1) is 5.92 Å². The molecule has 1 amide bonds. The third kappa shape index (κ3) is 1.90. The van der Waals surface area contributed by atoms with E-state index in [0.717, 1.165) is 0 Å². The van der Waals surface area contributed by atoms with Crippen LogP contribution in [0.3, 0.4) is 0 Å². The first-order chi connectivity index (χ1) is 4.74. The smallest absolute Gasteiger partial charge is 0.407 e. The molecular formula is C7H13NO2. The van der Waals surface area contributed by atoms with Gasteiger partial charge in [-0.15, -0.1) is 0 Å². The molecule has 1 aliphatic carbocycles. The summed E-state index contributed by atoms with van der Waals surface area (Å²) in [6, 6.07) is 0. The lowest BCUT2D eigenvalue weighted by atomic mass is 10.3. The lowest BCUT2D eigenvalue weighted by Crippen LogP contribution is -2.25. The number of ether oxygens (including phenoxy) is 1. The SMILES string of the molecule is CNC(=O)OC(C)C1CC1. The fourth-order valence-electron chi connectivity index (χ4n) is 0.890. The fourth-order valence-corrected chi connectivity index (χ4v) is 0.890. The van der Waals surface area contributed by atoms with Gasteiger partial charge in [-0.05, 0) is 25.7 Å². The van der Waals surface area contributed by atoms with Crippen molar-refractivity contribution in [2.24, 2.45) is 5.92 Å². The van der Waals surface area contributed by atoms with E-state index in [1.54, 1.807) is 7.05 Å². The van der Waals surface area contributed by atoms with Crippen LogP contribution in [-0.2, 0) is 4.74 Å². The van der Waals surface area contributed by atoms with Gasteiger partial charge in [0.2, 0.25) is 0 Å². The van der Waals surface area contributed by atoms with Crippen molar-refractivity contribution in [2.75, 3.05) is 7.05 Å². The van der Waals surface area contributed by atoms with Gasteiger partial charge >= 0.3 is 6.09 Å². The summed E-state index contributed by atoms with van der Waals surface area (Å²) in [5, 5.41) is 2.42. The molecule has 3 heteroatoms. The highest BCUT2D eigenvalue weighted by molar-refractivity contribution is 5.66. The Morgan fingerprint density at radius 3 is 2.70 bits per heavy atom. The second kappa shape index (κ2) is 2.90. The molecule has 1 atom stereocenters. The van der Waals surface area contributed by atoms with Crippen molar-refractivity contribution in [1.29, 1.82) is 0 Å². The number of amides is 1. The van der Waals surface area contributed by atoms with E-state index in [9.17, 15) is 4.79 Å². The number of rotatable bonds is 2. The molecule has 1 saturated carbocycles. The topological polar surface area (TPSA) is 38.3 Å². The van der Waals surface area contributed by atoms with Gasteiger partial charge < -0.3 is 10.1 Å². The molecule has 0 aromatic heterocycles. The highest BCUT2D eigenvalue weighted by Gasteiger charge is 2.30. The molecule has 1 N–H and O–H groups in total. The number of hydrogen-bond donors (Lipinski definition) is 1. The lowest BCUT2D eigenvalue weighted by Gasteiger charge is -2.10. The molecule has 0 aliphatic heterocycles. The van der Waals surface area contributed by atoms with Crippen molar-refractivity contribution < 1.29 is 9.53 Å².